The first-order valence-electron chi connectivity index (χ1n) is 6.12. The zero-order valence-electron chi connectivity index (χ0n) is 10.2. The summed E-state index contributed by atoms with van der Waals surface area (Å²) in [5.74, 6) is 1.26. The molecule has 18 heavy (non-hydrogen) atoms. The van der Waals surface area contributed by atoms with Crippen molar-refractivity contribution in [3.63, 3.8) is 0 Å². The van der Waals surface area contributed by atoms with Gasteiger partial charge in [-0.3, -0.25) is 9.00 Å². The Bertz CT molecular complexity index is 435. The smallest absolute Gasteiger partial charge is 0.221 e. The first kappa shape index (κ1) is 13.1. The fourth-order valence-corrected chi connectivity index (χ4v) is 3.39. The highest BCUT2D eigenvalue weighted by Crippen LogP contribution is 2.17. The zero-order chi connectivity index (χ0) is 13.0. The minimum Gasteiger partial charge on any atom is -0.382 e. The Morgan fingerprint density at radius 1 is 1.28 bits per heavy atom. The fraction of sp³-hybridized carbons (Fsp3) is 0.462. The van der Waals surface area contributed by atoms with Gasteiger partial charge in [-0.2, -0.15) is 0 Å². The van der Waals surface area contributed by atoms with Crippen LogP contribution in [-0.4, -0.2) is 27.7 Å². The number of nitrogens with one attached hydrogen (secondary N) is 1. The number of nitrogens with two attached hydrogens (primary N) is 1. The molecule has 1 heterocycles. The Morgan fingerprint density at radius 3 is 2.44 bits per heavy atom. The molecule has 2 rings (SSSR count). The van der Waals surface area contributed by atoms with Gasteiger partial charge in [0.05, 0.1) is 6.42 Å². The van der Waals surface area contributed by atoms with E-state index in [2.05, 4.69) is 5.32 Å². The van der Waals surface area contributed by atoms with Crippen LogP contribution >= 0.6 is 0 Å². The number of carbonyl (C=O) groups excluding carboxylic acids is 1. The van der Waals surface area contributed by atoms with E-state index in [1.807, 2.05) is 24.3 Å². The topological polar surface area (TPSA) is 72.2 Å². The summed E-state index contributed by atoms with van der Waals surface area (Å²) in [6, 6.07) is 8.15. The highest BCUT2D eigenvalue weighted by molar-refractivity contribution is 7.85. The van der Waals surface area contributed by atoms with Crippen molar-refractivity contribution in [1.29, 1.82) is 0 Å². The Labute approximate surface area is 109 Å². The maximum atomic E-state index is 11.2. The monoisotopic (exact) mass is 266 g/mol. The van der Waals surface area contributed by atoms with Crippen molar-refractivity contribution in [2.24, 2.45) is 5.73 Å². The molecular weight excluding hydrogens is 248 g/mol. The maximum Gasteiger partial charge on any atom is 0.221 e. The van der Waals surface area contributed by atoms with Gasteiger partial charge in [-0.1, -0.05) is 12.1 Å². The summed E-state index contributed by atoms with van der Waals surface area (Å²) in [6.45, 7) is 0. The minimum atomic E-state index is -0.621. The first-order chi connectivity index (χ1) is 8.63. The Morgan fingerprint density at radius 2 is 1.89 bits per heavy atom. The summed E-state index contributed by atoms with van der Waals surface area (Å²) in [5, 5.41) is 3.43. The van der Waals surface area contributed by atoms with Gasteiger partial charge in [0.15, 0.2) is 0 Å². The Kier molecular flexibility index (Phi) is 4.36. The van der Waals surface area contributed by atoms with Gasteiger partial charge in [-0.05, 0) is 30.5 Å². The molecule has 98 valence electrons. The van der Waals surface area contributed by atoms with Crippen LogP contribution in [0.15, 0.2) is 24.3 Å². The molecule has 0 aliphatic carbocycles. The molecular formula is C13H18N2O2S. The quantitative estimate of drug-likeness (QED) is 0.855. The van der Waals surface area contributed by atoms with Crippen molar-refractivity contribution < 1.29 is 9.00 Å². The lowest BCUT2D eigenvalue weighted by molar-refractivity contribution is -0.117. The van der Waals surface area contributed by atoms with Gasteiger partial charge in [0.2, 0.25) is 5.91 Å². The van der Waals surface area contributed by atoms with Crippen LogP contribution in [0.1, 0.15) is 18.4 Å². The molecule has 1 saturated heterocycles. The highest BCUT2D eigenvalue weighted by atomic mass is 32.2. The SMILES string of the molecule is NC(=O)Cc1ccc(NC2CCS(=O)CC2)cc1. The molecule has 0 bridgehead atoms. The molecule has 4 nitrogen and oxygen atoms in total. The average Bonchev–Trinajstić information content (AvgIpc) is 2.34. The molecule has 0 aromatic heterocycles. The lowest BCUT2D eigenvalue weighted by Gasteiger charge is -2.23. The second kappa shape index (κ2) is 6.00. The third-order valence-electron chi connectivity index (χ3n) is 3.09. The average molecular weight is 266 g/mol. The van der Waals surface area contributed by atoms with E-state index >= 15 is 0 Å². The van der Waals surface area contributed by atoms with Gasteiger partial charge >= 0.3 is 0 Å². The van der Waals surface area contributed by atoms with Crippen molar-refractivity contribution in [2.45, 2.75) is 25.3 Å². The molecule has 1 aliphatic heterocycles. The predicted molar refractivity (Wildman–Crippen MR) is 73.9 cm³/mol. The van der Waals surface area contributed by atoms with Gasteiger partial charge in [0.25, 0.3) is 0 Å². The van der Waals surface area contributed by atoms with Gasteiger partial charge < -0.3 is 11.1 Å². The number of rotatable bonds is 4. The van der Waals surface area contributed by atoms with Crippen molar-refractivity contribution >= 4 is 22.4 Å². The van der Waals surface area contributed by atoms with E-state index in [0.29, 0.717) is 6.04 Å². The highest BCUT2D eigenvalue weighted by Gasteiger charge is 2.17. The molecule has 3 N–H and O–H groups in total. The normalized spacial score (nSPS) is 23.6. The van der Waals surface area contributed by atoms with Crippen LogP contribution in [0.3, 0.4) is 0 Å². The van der Waals surface area contributed by atoms with Crippen molar-refractivity contribution in [3.8, 4) is 0 Å². The Hall–Kier alpha value is -1.36. The lowest BCUT2D eigenvalue weighted by atomic mass is 10.1. The van der Waals surface area contributed by atoms with E-state index in [-0.39, 0.29) is 12.3 Å². The number of hydrogen-bond acceptors (Lipinski definition) is 3. The maximum absolute atomic E-state index is 11.2. The lowest BCUT2D eigenvalue weighted by Crippen LogP contribution is -2.29. The molecule has 5 heteroatoms. The molecule has 0 saturated carbocycles. The molecule has 0 unspecified atom stereocenters. The Balaban J connectivity index is 1.90. The first-order valence-corrected chi connectivity index (χ1v) is 7.61. The van der Waals surface area contributed by atoms with Crippen LogP contribution in [0.4, 0.5) is 5.69 Å². The van der Waals surface area contributed by atoms with E-state index in [9.17, 15) is 9.00 Å². The van der Waals surface area contributed by atoms with Crippen molar-refractivity contribution in [3.05, 3.63) is 29.8 Å². The van der Waals surface area contributed by atoms with E-state index in [1.54, 1.807) is 0 Å². The minimum absolute atomic E-state index is 0.280. The standard InChI is InChI=1S/C13H18N2O2S/c14-13(16)9-10-1-3-11(4-2-10)15-12-5-7-18(17)8-6-12/h1-4,12,15H,5-9H2,(H2,14,16). The molecule has 1 aromatic carbocycles. The van der Waals surface area contributed by atoms with Crippen LogP contribution < -0.4 is 11.1 Å². The molecule has 0 radical (unpaired) electrons. The number of primary amides is 1. The van der Waals surface area contributed by atoms with Crippen LogP contribution in [0.5, 0.6) is 0 Å². The van der Waals surface area contributed by atoms with Gasteiger partial charge in [-0.25, -0.2) is 0 Å². The fourth-order valence-electron chi connectivity index (χ4n) is 2.09. The van der Waals surface area contributed by atoms with E-state index in [1.165, 1.54) is 0 Å². The molecule has 1 aliphatic rings. The molecule has 1 fully saturated rings. The molecule has 1 aromatic rings. The summed E-state index contributed by atoms with van der Waals surface area (Å²) >= 11 is 0. The second-order valence-corrected chi connectivity index (χ2v) is 6.30. The molecule has 0 spiro atoms. The van der Waals surface area contributed by atoms with Gasteiger partial charge in [0, 0.05) is 34.0 Å². The molecule has 0 atom stereocenters. The summed E-state index contributed by atoms with van der Waals surface area (Å²) in [7, 11) is -0.621. The predicted octanol–water partition coefficient (Wildman–Crippen LogP) is 1.04. The number of anilines is 1. The van der Waals surface area contributed by atoms with Crippen LogP contribution in [0.25, 0.3) is 0 Å². The van der Waals surface area contributed by atoms with E-state index in [4.69, 9.17) is 5.73 Å². The van der Waals surface area contributed by atoms with Gasteiger partial charge in [-0.15, -0.1) is 0 Å². The van der Waals surface area contributed by atoms with E-state index in [0.717, 1.165) is 35.6 Å². The van der Waals surface area contributed by atoms with Crippen molar-refractivity contribution in [2.75, 3.05) is 16.8 Å². The summed E-state index contributed by atoms with van der Waals surface area (Å²) < 4.78 is 11.2. The van der Waals surface area contributed by atoms with Crippen LogP contribution in [-0.2, 0) is 22.0 Å². The third-order valence-corrected chi connectivity index (χ3v) is 4.47. The van der Waals surface area contributed by atoms with Crippen LogP contribution in [0, 0.1) is 0 Å². The summed E-state index contributed by atoms with van der Waals surface area (Å²) in [5.41, 5.74) is 7.11. The number of hydrogen-bond donors (Lipinski definition) is 2. The number of benzene rings is 1. The molecule has 1 amide bonds. The number of amides is 1. The third kappa shape index (κ3) is 3.84. The largest absolute Gasteiger partial charge is 0.382 e. The van der Waals surface area contributed by atoms with Crippen LogP contribution in [0.2, 0.25) is 0 Å². The zero-order valence-corrected chi connectivity index (χ0v) is 11.0. The van der Waals surface area contributed by atoms with Crippen molar-refractivity contribution in [1.82, 2.24) is 0 Å². The summed E-state index contributed by atoms with van der Waals surface area (Å²) in [6.07, 6.45) is 2.19. The second-order valence-electron chi connectivity index (χ2n) is 4.61. The summed E-state index contributed by atoms with van der Waals surface area (Å²) in [4.78, 5) is 10.8. The van der Waals surface area contributed by atoms with E-state index < -0.39 is 10.8 Å². The number of carbonyl (C=O) groups is 1. The van der Waals surface area contributed by atoms with Gasteiger partial charge in [0.1, 0.15) is 0 Å².